The molecular weight excluding hydrogens is 252 g/mol. The van der Waals surface area contributed by atoms with Crippen LogP contribution in [0.2, 0.25) is 0 Å². The van der Waals surface area contributed by atoms with E-state index in [9.17, 15) is 14.9 Å². The minimum absolute atomic E-state index is 0.00360. The van der Waals surface area contributed by atoms with Crippen LogP contribution in [0.5, 0.6) is 0 Å². The molecule has 8 heteroatoms. The summed E-state index contributed by atoms with van der Waals surface area (Å²) < 4.78 is 1.21. The van der Waals surface area contributed by atoms with Gasteiger partial charge in [-0.2, -0.15) is 4.68 Å². The predicted molar refractivity (Wildman–Crippen MR) is 67.4 cm³/mol. The average Bonchev–Trinajstić information content (AvgIpc) is 2.76. The highest BCUT2D eigenvalue weighted by atomic mass is 16.6. The maximum atomic E-state index is 11.8. The summed E-state index contributed by atoms with van der Waals surface area (Å²) in [5, 5.41) is 25.8. The lowest BCUT2D eigenvalue weighted by Gasteiger charge is -2.21. The highest BCUT2D eigenvalue weighted by Crippen LogP contribution is 2.07. The molecule has 0 saturated carbocycles. The van der Waals surface area contributed by atoms with Crippen LogP contribution in [0.1, 0.15) is 20.3 Å². The molecule has 1 unspecified atom stereocenters. The molecule has 0 radical (unpaired) electrons. The van der Waals surface area contributed by atoms with Gasteiger partial charge in [0.1, 0.15) is 6.54 Å². The molecule has 106 valence electrons. The Bertz CT molecular complexity index is 444. The van der Waals surface area contributed by atoms with Gasteiger partial charge in [-0.25, -0.2) is 0 Å². The van der Waals surface area contributed by atoms with Crippen LogP contribution in [-0.2, 0) is 11.3 Å². The molecule has 1 amide bonds. The minimum Gasteiger partial charge on any atom is -0.396 e. The summed E-state index contributed by atoms with van der Waals surface area (Å²) in [6.07, 6.45) is 1.86. The van der Waals surface area contributed by atoms with Crippen LogP contribution < -0.4 is 5.32 Å². The molecule has 0 aliphatic rings. The van der Waals surface area contributed by atoms with Gasteiger partial charge >= 0.3 is 5.82 Å². The Labute approximate surface area is 110 Å². The van der Waals surface area contributed by atoms with E-state index in [1.165, 1.54) is 16.9 Å². The van der Waals surface area contributed by atoms with Gasteiger partial charge in [0.2, 0.25) is 5.91 Å². The number of aromatic nitrogens is 2. The first-order valence-electron chi connectivity index (χ1n) is 6.02. The quantitative estimate of drug-likeness (QED) is 0.547. The monoisotopic (exact) mass is 270 g/mol. The van der Waals surface area contributed by atoms with Gasteiger partial charge in [-0.1, -0.05) is 13.8 Å². The van der Waals surface area contributed by atoms with Crippen LogP contribution in [0.15, 0.2) is 12.3 Å². The Kier molecular flexibility index (Phi) is 5.43. The first-order valence-corrected chi connectivity index (χ1v) is 6.02. The van der Waals surface area contributed by atoms with Crippen molar-refractivity contribution in [2.75, 3.05) is 6.61 Å². The van der Waals surface area contributed by atoms with E-state index < -0.39 is 4.92 Å². The molecule has 1 heterocycles. The zero-order valence-electron chi connectivity index (χ0n) is 10.9. The Balaban J connectivity index is 2.55. The maximum Gasteiger partial charge on any atom is 0.389 e. The second-order valence-corrected chi connectivity index (χ2v) is 4.56. The third-order valence-corrected chi connectivity index (χ3v) is 2.71. The number of hydrogen-bond acceptors (Lipinski definition) is 5. The number of carbonyl (C=O) groups is 1. The standard InChI is InChI=1S/C11H18N4O4/c1-8(2)9(4-6-16)12-11(17)7-14-5-3-10(13-14)15(18)19/h3,5,8-9,16H,4,6-7H2,1-2H3,(H,12,17). The van der Waals surface area contributed by atoms with Crippen molar-refractivity contribution < 1.29 is 14.8 Å². The molecule has 0 saturated heterocycles. The molecule has 0 aliphatic heterocycles. The molecular formula is C11H18N4O4. The summed E-state index contributed by atoms with van der Waals surface area (Å²) in [4.78, 5) is 21.6. The predicted octanol–water partition coefficient (Wildman–Crippen LogP) is 0.314. The fraction of sp³-hybridized carbons (Fsp3) is 0.636. The van der Waals surface area contributed by atoms with Gasteiger partial charge in [0.05, 0.1) is 17.4 Å². The molecule has 1 rings (SSSR count). The van der Waals surface area contributed by atoms with Crippen molar-refractivity contribution in [3.8, 4) is 0 Å². The molecule has 1 aromatic rings. The zero-order chi connectivity index (χ0) is 14.4. The molecule has 0 aromatic carbocycles. The van der Waals surface area contributed by atoms with Crippen molar-refractivity contribution in [3.63, 3.8) is 0 Å². The molecule has 0 bridgehead atoms. The Morgan fingerprint density at radius 3 is 2.79 bits per heavy atom. The van der Waals surface area contributed by atoms with Crippen molar-refractivity contribution >= 4 is 11.7 Å². The van der Waals surface area contributed by atoms with Crippen molar-refractivity contribution in [1.29, 1.82) is 0 Å². The zero-order valence-corrected chi connectivity index (χ0v) is 10.9. The number of hydrogen-bond donors (Lipinski definition) is 2. The lowest BCUT2D eigenvalue weighted by Crippen LogP contribution is -2.40. The molecule has 1 atom stereocenters. The molecule has 19 heavy (non-hydrogen) atoms. The van der Waals surface area contributed by atoms with E-state index in [0.29, 0.717) is 6.42 Å². The topological polar surface area (TPSA) is 110 Å². The van der Waals surface area contributed by atoms with E-state index in [0.717, 1.165) is 0 Å². The molecule has 8 nitrogen and oxygen atoms in total. The van der Waals surface area contributed by atoms with Gasteiger partial charge in [-0.05, 0) is 17.3 Å². The van der Waals surface area contributed by atoms with Crippen LogP contribution in [0.25, 0.3) is 0 Å². The number of carbonyl (C=O) groups excluding carboxylic acids is 1. The number of aliphatic hydroxyl groups excluding tert-OH is 1. The summed E-state index contributed by atoms with van der Waals surface area (Å²) >= 11 is 0. The van der Waals surface area contributed by atoms with E-state index in [-0.39, 0.29) is 36.8 Å². The van der Waals surface area contributed by atoms with Crippen LogP contribution in [-0.4, -0.2) is 38.4 Å². The molecule has 2 N–H and O–H groups in total. The largest absolute Gasteiger partial charge is 0.396 e. The lowest BCUT2D eigenvalue weighted by atomic mass is 10.0. The summed E-state index contributed by atoms with van der Waals surface area (Å²) in [5.74, 6) is -0.378. The third-order valence-electron chi connectivity index (χ3n) is 2.71. The SMILES string of the molecule is CC(C)C(CCO)NC(=O)Cn1ccc([N+](=O)[O-])n1. The smallest absolute Gasteiger partial charge is 0.389 e. The fourth-order valence-corrected chi connectivity index (χ4v) is 1.65. The third kappa shape index (κ3) is 4.66. The van der Waals surface area contributed by atoms with Crippen LogP contribution >= 0.6 is 0 Å². The number of nitrogens with one attached hydrogen (secondary N) is 1. The van der Waals surface area contributed by atoms with Crippen LogP contribution in [0.3, 0.4) is 0 Å². The molecule has 0 fully saturated rings. The van der Waals surface area contributed by atoms with Gasteiger partial charge in [-0.15, -0.1) is 0 Å². The lowest BCUT2D eigenvalue weighted by molar-refractivity contribution is -0.389. The second kappa shape index (κ2) is 6.83. The van der Waals surface area contributed by atoms with Gasteiger partial charge < -0.3 is 20.5 Å². The molecule has 0 spiro atoms. The second-order valence-electron chi connectivity index (χ2n) is 4.56. The maximum absolute atomic E-state index is 11.8. The highest BCUT2D eigenvalue weighted by Gasteiger charge is 2.18. The molecule has 1 aromatic heterocycles. The van der Waals surface area contributed by atoms with Gasteiger partial charge in [0, 0.05) is 12.6 Å². The summed E-state index contributed by atoms with van der Waals surface area (Å²) in [6, 6.07) is 1.11. The first-order chi connectivity index (χ1) is 8.93. The number of aliphatic hydroxyl groups is 1. The highest BCUT2D eigenvalue weighted by molar-refractivity contribution is 5.76. The normalized spacial score (nSPS) is 12.4. The van der Waals surface area contributed by atoms with Crippen molar-refractivity contribution in [1.82, 2.24) is 15.1 Å². The Morgan fingerprint density at radius 2 is 2.32 bits per heavy atom. The summed E-state index contributed by atoms with van der Waals surface area (Å²) in [6.45, 7) is 3.80. The first kappa shape index (κ1) is 15.1. The van der Waals surface area contributed by atoms with Gasteiger partial charge in [0.25, 0.3) is 0 Å². The van der Waals surface area contributed by atoms with Gasteiger partial charge in [0.15, 0.2) is 0 Å². The van der Waals surface area contributed by atoms with Crippen molar-refractivity contribution in [2.45, 2.75) is 32.9 Å². The van der Waals surface area contributed by atoms with Crippen molar-refractivity contribution in [3.05, 3.63) is 22.4 Å². The molecule has 0 aliphatic carbocycles. The van der Waals surface area contributed by atoms with E-state index >= 15 is 0 Å². The van der Waals surface area contributed by atoms with E-state index in [2.05, 4.69) is 10.4 Å². The van der Waals surface area contributed by atoms with E-state index in [1.54, 1.807) is 0 Å². The van der Waals surface area contributed by atoms with Gasteiger partial charge in [-0.3, -0.25) is 4.79 Å². The van der Waals surface area contributed by atoms with Crippen LogP contribution in [0, 0.1) is 16.0 Å². The fourth-order valence-electron chi connectivity index (χ4n) is 1.65. The van der Waals surface area contributed by atoms with E-state index in [4.69, 9.17) is 5.11 Å². The average molecular weight is 270 g/mol. The number of rotatable bonds is 7. The Morgan fingerprint density at radius 1 is 1.63 bits per heavy atom. The summed E-state index contributed by atoms with van der Waals surface area (Å²) in [7, 11) is 0. The van der Waals surface area contributed by atoms with Crippen molar-refractivity contribution in [2.24, 2.45) is 5.92 Å². The summed E-state index contributed by atoms with van der Waals surface area (Å²) in [5.41, 5.74) is 0. The van der Waals surface area contributed by atoms with E-state index in [1.807, 2.05) is 13.8 Å². The van der Waals surface area contributed by atoms with Crippen LogP contribution in [0.4, 0.5) is 5.82 Å². The number of amides is 1. The minimum atomic E-state index is -0.614. The number of nitro groups is 1. The Hall–Kier alpha value is -1.96. The number of nitrogens with zero attached hydrogens (tertiary/aromatic N) is 3.